The Labute approximate surface area is 53.4 Å². The predicted molar refractivity (Wildman–Crippen MR) is 30.6 cm³/mol. The summed E-state index contributed by atoms with van der Waals surface area (Å²) in [4.78, 5) is 0. The third-order valence-corrected chi connectivity index (χ3v) is 1.67. The molecule has 0 radical (unpaired) electrons. The van der Waals surface area contributed by atoms with Crippen LogP contribution >= 0.6 is 23.2 Å². The van der Waals surface area contributed by atoms with Gasteiger partial charge in [-0.1, -0.05) is 23.2 Å². The molecule has 1 atom stereocenters. The molecule has 0 saturated carbocycles. The van der Waals surface area contributed by atoms with Crippen LogP contribution in [0.25, 0.3) is 0 Å². The summed E-state index contributed by atoms with van der Waals surface area (Å²) in [7, 11) is 0. The van der Waals surface area contributed by atoms with E-state index in [1.165, 1.54) is 0 Å². The van der Waals surface area contributed by atoms with Gasteiger partial charge in [0.05, 0.1) is 0 Å². The van der Waals surface area contributed by atoms with Gasteiger partial charge in [-0.3, -0.25) is 0 Å². The number of hydrogen-bond acceptors (Lipinski definition) is 1. The summed E-state index contributed by atoms with van der Waals surface area (Å²) in [5, 5.41) is 0. The summed E-state index contributed by atoms with van der Waals surface area (Å²) in [6.45, 7) is 0. The number of hydrogen-bond donors (Lipinski definition) is 1. The monoisotopic (exact) mass is 160 g/mol. The van der Waals surface area contributed by atoms with Crippen LogP contribution in [0.1, 0.15) is 0 Å². The zero-order chi connectivity index (χ0) is 5.86. The van der Waals surface area contributed by atoms with Gasteiger partial charge in [-0.25, -0.2) is 4.21 Å². The molecular formula is C2H2Cl2O2S. The van der Waals surface area contributed by atoms with Crippen molar-refractivity contribution in [1.82, 2.24) is 0 Å². The van der Waals surface area contributed by atoms with Crippen LogP contribution in [-0.2, 0) is 11.1 Å². The van der Waals surface area contributed by atoms with Crippen molar-refractivity contribution in [3.63, 3.8) is 0 Å². The molecule has 42 valence electrons. The maximum absolute atomic E-state index is 9.76. The summed E-state index contributed by atoms with van der Waals surface area (Å²) in [6.07, 6.45) is 0. The highest BCUT2D eigenvalue weighted by molar-refractivity contribution is 7.85. The van der Waals surface area contributed by atoms with Gasteiger partial charge in [0, 0.05) is 5.54 Å². The molecule has 0 rings (SSSR count). The average Bonchev–Trinajstić information content (AvgIpc) is 1.65. The van der Waals surface area contributed by atoms with Crippen molar-refractivity contribution in [2.45, 2.75) is 0 Å². The Morgan fingerprint density at radius 3 is 2.29 bits per heavy atom. The summed E-state index contributed by atoms with van der Waals surface area (Å²) < 4.78 is 17.5. The van der Waals surface area contributed by atoms with Gasteiger partial charge in [-0.05, 0) is 0 Å². The van der Waals surface area contributed by atoms with Crippen molar-refractivity contribution in [3.8, 4) is 0 Å². The molecule has 0 aromatic rings. The highest BCUT2D eigenvalue weighted by Crippen LogP contribution is 2.04. The minimum Gasteiger partial charge on any atom is -0.302 e. The van der Waals surface area contributed by atoms with E-state index < -0.39 is 11.1 Å². The molecule has 1 unspecified atom stereocenters. The molecule has 7 heavy (non-hydrogen) atoms. The van der Waals surface area contributed by atoms with Crippen molar-refractivity contribution >= 4 is 34.3 Å². The van der Waals surface area contributed by atoms with Crippen LogP contribution in [-0.4, -0.2) is 8.76 Å². The summed E-state index contributed by atoms with van der Waals surface area (Å²) >= 11 is 7.76. The van der Waals surface area contributed by atoms with E-state index in [-0.39, 0.29) is 4.36 Å². The third kappa shape index (κ3) is 3.05. The molecule has 0 aromatic heterocycles. The fraction of sp³-hybridized carbons (Fsp3) is 0. The van der Waals surface area contributed by atoms with Gasteiger partial charge in [-0.15, -0.1) is 0 Å². The van der Waals surface area contributed by atoms with E-state index in [4.69, 9.17) is 27.8 Å². The van der Waals surface area contributed by atoms with Crippen LogP contribution < -0.4 is 0 Å². The maximum atomic E-state index is 9.76. The topological polar surface area (TPSA) is 37.3 Å². The minimum atomic E-state index is -2.12. The highest BCUT2D eigenvalue weighted by atomic mass is 35.5. The largest absolute Gasteiger partial charge is 0.302 e. The van der Waals surface area contributed by atoms with E-state index in [0.29, 0.717) is 0 Å². The first kappa shape index (κ1) is 7.43. The third-order valence-electron chi connectivity index (χ3n) is 0.253. The number of halogens is 2. The van der Waals surface area contributed by atoms with Crippen LogP contribution in [0.15, 0.2) is 9.90 Å². The zero-order valence-corrected chi connectivity index (χ0v) is 5.43. The first-order valence-electron chi connectivity index (χ1n) is 1.25. The second kappa shape index (κ2) is 3.43. The zero-order valence-electron chi connectivity index (χ0n) is 3.10. The van der Waals surface area contributed by atoms with E-state index >= 15 is 0 Å². The lowest BCUT2D eigenvalue weighted by Gasteiger charge is -1.81. The normalized spacial score (nSPS) is 16.7. The Hall–Kier alpha value is 0.430. The van der Waals surface area contributed by atoms with Gasteiger partial charge in [0.1, 0.15) is 4.36 Å². The van der Waals surface area contributed by atoms with E-state index in [9.17, 15) is 4.21 Å². The Balaban J connectivity index is 3.82. The lowest BCUT2D eigenvalue weighted by molar-refractivity contribution is 0.573. The van der Waals surface area contributed by atoms with E-state index in [0.717, 1.165) is 5.54 Å². The summed E-state index contributed by atoms with van der Waals surface area (Å²) in [6, 6.07) is 0. The Morgan fingerprint density at radius 1 is 1.86 bits per heavy atom. The molecular weight excluding hydrogens is 159 g/mol. The van der Waals surface area contributed by atoms with Gasteiger partial charge in [0.15, 0.2) is 11.1 Å². The quantitative estimate of drug-likeness (QED) is 0.591. The molecule has 0 fully saturated rings. The maximum Gasteiger partial charge on any atom is 0.199 e. The molecule has 0 saturated heterocycles. The van der Waals surface area contributed by atoms with Gasteiger partial charge < -0.3 is 4.55 Å². The SMILES string of the molecule is O=S(O)C(Cl)=CCl. The van der Waals surface area contributed by atoms with Gasteiger partial charge in [0.2, 0.25) is 0 Å². The first-order chi connectivity index (χ1) is 3.18. The molecule has 2 nitrogen and oxygen atoms in total. The van der Waals surface area contributed by atoms with Crippen LogP contribution in [0.3, 0.4) is 0 Å². The molecule has 5 heteroatoms. The van der Waals surface area contributed by atoms with Crippen molar-refractivity contribution < 1.29 is 8.76 Å². The van der Waals surface area contributed by atoms with Crippen molar-refractivity contribution in [3.05, 3.63) is 9.90 Å². The van der Waals surface area contributed by atoms with Crippen LogP contribution in [0.5, 0.6) is 0 Å². The van der Waals surface area contributed by atoms with Crippen LogP contribution in [0.4, 0.5) is 0 Å². The second-order valence-corrected chi connectivity index (χ2v) is 2.45. The van der Waals surface area contributed by atoms with Crippen molar-refractivity contribution in [2.24, 2.45) is 0 Å². The van der Waals surface area contributed by atoms with Gasteiger partial charge in [-0.2, -0.15) is 0 Å². The lowest BCUT2D eigenvalue weighted by Crippen LogP contribution is -1.81. The van der Waals surface area contributed by atoms with E-state index in [2.05, 4.69) is 0 Å². The van der Waals surface area contributed by atoms with Crippen LogP contribution in [0, 0.1) is 0 Å². The fourth-order valence-corrected chi connectivity index (χ4v) is 0.343. The highest BCUT2D eigenvalue weighted by Gasteiger charge is 1.94. The standard InChI is InChI=1S/C2H2Cl2O2S/c3-1-2(4)7(5)6/h1H,(H,5,6). The fourth-order valence-electron chi connectivity index (χ4n) is 0.0381. The summed E-state index contributed by atoms with van der Waals surface area (Å²) in [5.41, 5.74) is 0.845. The molecule has 0 aliphatic carbocycles. The Kier molecular flexibility index (Phi) is 3.65. The first-order valence-corrected chi connectivity index (χ1v) is 3.17. The molecule has 0 bridgehead atoms. The Bertz CT molecular complexity index is 110. The van der Waals surface area contributed by atoms with E-state index in [1.54, 1.807) is 0 Å². The molecule has 0 spiro atoms. The molecule has 0 aliphatic rings. The van der Waals surface area contributed by atoms with Crippen molar-refractivity contribution in [1.29, 1.82) is 0 Å². The number of rotatable bonds is 1. The lowest BCUT2D eigenvalue weighted by atomic mass is 11.2. The van der Waals surface area contributed by atoms with Gasteiger partial charge in [0.25, 0.3) is 0 Å². The predicted octanol–water partition coefficient (Wildman–Crippen LogP) is 1.48. The van der Waals surface area contributed by atoms with Crippen LogP contribution in [0.2, 0.25) is 0 Å². The Morgan fingerprint density at radius 2 is 2.29 bits per heavy atom. The molecule has 0 amide bonds. The van der Waals surface area contributed by atoms with Gasteiger partial charge >= 0.3 is 0 Å². The minimum absolute atomic E-state index is 0.262. The molecule has 1 N–H and O–H groups in total. The van der Waals surface area contributed by atoms with E-state index in [1.807, 2.05) is 0 Å². The van der Waals surface area contributed by atoms with Crippen molar-refractivity contribution in [2.75, 3.05) is 0 Å². The summed E-state index contributed by atoms with van der Waals surface area (Å²) in [5.74, 6) is 0. The molecule has 0 aliphatic heterocycles. The smallest absolute Gasteiger partial charge is 0.199 e. The molecule has 0 aromatic carbocycles. The molecule has 0 heterocycles. The second-order valence-electron chi connectivity index (χ2n) is 0.662. The average molecular weight is 161 g/mol.